The van der Waals surface area contributed by atoms with Crippen LogP contribution < -0.4 is 9.64 Å². The first kappa shape index (κ1) is 15.1. The Hall–Kier alpha value is -1.81. The fraction of sp³-hybridized carbons (Fsp3) is 0.500. The minimum Gasteiger partial charge on any atom is -0.497 e. The monoisotopic (exact) mass is 300 g/mol. The van der Waals surface area contributed by atoms with E-state index in [4.69, 9.17) is 4.74 Å². The van der Waals surface area contributed by atoms with E-state index in [2.05, 4.69) is 22.0 Å². The van der Waals surface area contributed by atoms with Crippen molar-refractivity contribution < 1.29 is 9.84 Å². The van der Waals surface area contributed by atoms with Gasteiger partial charge in [-0.3, -0.25) is 4.98 Å². The van der Waals surface area contributed by atoms with Crippen molar-refractivity contribution >= 4 is 16.6 Å². The standard InChI is InChI=1S/C18H24N2O2/c1-13-11-18(20-9-4-3-5-14(20)8-10-21)16-7-6-15(22-2)12-17(16)19-13/h6-7,11-12,14,21H,3-5,8-10H2,1-2H3. The number of hydrogen-bond donors (Lipinski definition) is 1. The summed E-state index contributed by atoms with van der Waals surface area (Å²) < 4.78 is 5.32. The van der Waals surface area contributed by atoms with Crippen LogP contribution in [0, 0.1) is 6.92 Å². The number of benzene rings is 1. The molecule has 22 heavy (non-hydrogen) atoms. The lowest BCUT2D eigenvalue weighted by Crippen LogP contribution is -2.40. The Bertz CT molecular complexity index is 655. The number of nitrogens with zero attached hydrogens (tertiary/aromatic N) is 2. The molecule has 2 aromatic rings. The van der Waals surface area contributed by atoms with E-state index in [1.807, 2.05) is 19.1 Å². The largest absolute Gasteiger partial charge is 0.497 e. The third-order valence-electron chi connectivity index (χ3n) is 4.52. The second-order valence-electron chi connectivity index (χ2n) is 6.02. The Morgan fingerprint density at radius 2 is 2.18 bits per heavy atom. The number of fused-ring (bicyclic) bond motifs is 1. The molecule has 1 unspecified atom stereocenters. The second kappa shape index (κ2) is 6.53. The van der Waals surface area contributed by atoms with E-state index < -0.39 is 0 Å². The first-order valence-corrected chi connectivity index (χ1v) is 8.06. The molecule has 0 bridgehead atoms. The fourth-order valence-corrected chi connectivity index (χ4v) is 3.45. The van der Waals surface area contributed by atoms with Crippen LogP contribution in [0.25, 0.3) is 10.9 Å². The van der Waals surface area contributed by atoms with Crippen molar-refractivity contribution in [3.05, 3.63) is 30.0 Å². The first-order valence-electron chi connectivity index (χ1n) is 8.06. The quantitative estimate of drug-likeness (QED) is 0.941. The highest BCUT2D eigenvalue weighted by Gasteiger charge is 2.24. The van der Waals surface area contributed by atoms with Crippen LogP contribution in [0.2, 0.25) is 0 Å². The van der Waals surface area contributed by atoms with Crippen LogP contribution in [0.1, 0.15) is 31.4 Å². The lowest BCUT2D eigenvalue weighted by Gasteiger charge is -2.38. The van der Waals surface area contributed by atoms with Crippen LogP contribution in [-0.2, 0) is 0 Å². The third-order valence-corrected chi connectivity index (χ3v) is 4.52. The van der Waals surface area contributed by atoms with E-state index in [0.29, 0.717) is 6.04 Å². The van der Waals surface area contributed by atoms with Gasteiger partial charge in [0.15, 0.2) is 0 Å². The van der Waals surface area contributed by atoms with Gasteiger partial charge < -0.3 is 14.7 Å². The number of aliphatic hydroxyl groups is 1. The fourth-order valence-electron chi connectivity index (χ4n) is 3.45. The summed E-state index contributed by atoms with van der Waals surface area (Å²) in [4.78, 5) is 7.12. The molecule has 1 aliphatic heterocycles. The second-order valence-corrected chi connectivity index (χ2v) is 6.02. The number of ether oxygens (including phenoxy) is 1. The maximum Gasteiger partial charge on any atom is 0.121 e. The molecule has 3 rings (SSSR count). The summed E-state index contributed by atoms with van der Waals surface area (Å²) in [6.07, 6.45) is 4.44. The minimum absolute atomic E-state index is 0.247. The van der Waals surface area contributed by atoms with Gasteiger partial charge in [0.1, 0.15) is 5.75 Å². The van der Waals surface area contributed by atoms with Gasteiger partial charge in [0.2, 0.25) is 0 Å². The molecule has 1 saturated heterocycles. The number of piperidine rings is 1. The Morgan fingerprint density at radius 1 is 1.32 bits per heavy atom. The highest BCUT2D eigenvalue weighted by molar-refractivity contribution is 5.93. The zero-order valence-electron chi connectivity index (χ0n) is 13.4. The summed E-state index contributed by atoms with van der Waals surface area (Å²) in [6.45, 7) is 3.33. The lowest BCUT2D eigenvalue weighted by molar-refractivity contribution is 0.262. The van der Waals surface area contributed by atoms with E-state index in [-0.39, 0.29) is 6.61 Å². The van der Waals surface area contributed by atoms with E-state index in [1.54, 1.807) is 7.11 Å². The molecule has 0 amide bonds. The SMILES string of the molecule is COc1ccc2c(N3CCCCC3CCO)cc(C)nc2c1. The number of rotatable bonds is 4. The molecule has 0 radical (unpaired) electrons. The maximum atomic E-state index is 9.36. The van der Waals surface area contributed by atoms with Crippen molar-refractivity contribution in [1.29, 1.82) is 0 Å². The molecule has 1 aliphatic rings. The number of anilines is 1. The highest BCUT2D eigenvalue weighted by Crippen LogP contribution is 2.34. The van der Waals surface area contributed by atoms with Gasteiger partial charge in [-0.2, -0.15) is 0 Å². The van der Waals surface area contributed by atoms with Crippen molar-refractivity contribution in [3.8, 4) is 5.75 Å². The number of pyridine rings is 1. The molecule has 4 heteroatoms. The van der Waals surface area contributed by atoms with Gasteiger partial charge in [-0.1, -0.05) is 0 Å². The molecule has 0 aliphatic carbocycles. The predicted molar refractivity (Wildman–Crippen MR) is 89.7 cm³/mol. The number of aryl methyl sites for hydroxylation is 1. The molecule has 118 valence electrons. The van der Waals surface area contributed by atoms with Crippen LogP contribution in [0.5, 0.6) is 5.75 Å². The van der Waals surface area contributed by atoms with Gasteiger partial charge in [-0.25, -0.2) is 0 Å². The molecule has 1 atom stereocenters. The van der Waals surface area contributed by atoms with Crippen molar-refractivity contribution in [2.24, 2.45) is 0 Å². The molecule has 0 saturated carbocycles. The molecular formula is C18H24N2O2. The minimum atomic E-state index is 0.247. The predicted octanol–water partition coefficient (Wildman–Crippen LogP) is 3.29. The normalized spacial score (nSPS) is 18.7. The van der Waals surface area contributed by atoms with Gasteiger partial charge in [-0.05, 0) is 50.8 Å². The van der Waals surface area contributed by atoms with E-state index in [1.165, 1.54) is 18.5 Å². The summed E-state index contributed by atoms with van der Waals surface area (Å²) in [5, 5.41) is 10.5. The van der Waals surface area contributed by atoms with Crippen LogP contribution in [0.3, 0.4) is 0 Å². The molecule has 1 aromatic heterocycles. The number of aromatic nitrogens is 1. The highest BCUT2D eigenvalue weighted by atomic mass is 16.5. The van der Waals surface area contributed by atoms with Crippen LogP contribution in [-0.4, -0.2) is 36.4 Å². The Morgan fingerprint density at radius 3 is 2.95 bits per heavy atom. The zero-order chi connectivity index (χ0) is 15.5. The van der Waals surface area contributed by atoms with Crippen LogP contribution in [0.15, 0.2) is 24.3 Å². The number of aliphatic hydroxyl groups excluding tert-OH is 1. The maximum absolute atomic E-state index is 9.36. The van der Waals surface area contributed by atoms with Crippen molar-refractivity contribution in [2.45, 2.75) is 38.6 Å². The Labute approximate surface area is 131 Å². The summed E-state index contributed by atoms with van der Waals surface area (Å²) in [7, 11) is 1.68. The first-order chi connectivity index (χ1) is 10.7. The van der Waals surface area contributed by atoms with Crippen molar-refractivity contribution in [1.82, 2.24) is 4.98 Å². The summed E-state index contributed by atoms with van der Waals surface area (Å²) in [5.41, 5.74) is 3.23. The molecule has 2 heterocycles. The Kier molecular flexibility index (Phi) is 4.48. The average molecular weight is 300 g/mol. The van der Waals surface area contributed by atoms with Crippen LogP contribution in [0.4, 0.5) is 5.69 Å². The van der Waals surface area contributed by atoms with E-state index in [0.717, 1.165) is 41.7 Å². The molecule has 1 fully saturated rings. The smallest absolute Gasteiger partial charge is 0.121 e. The summed E-state index contributed by atoms with van der Waals surface area (Å²) >= 11 is 0. The average Bonchev–Trinajstić information content (AvgIpc) is 2.54. The molecular weight excluding hydrogens is 276 g/mol. The molecule has 1 aromatic carbocycles. The van der Waals surface area contributed by atoms with Crippen molar-refractivity contribution in [3.63, 3.8) is 0 Å². The number of hydrogen-bond acceptors (Lipinski definition) is 4. The van der Waals surface area contributed by atoms with Crippen LogP contribution >= 0.6 is 0 Å². The molecule has 0 spiro atoms. The zero-order valence-corrected chi connectivity index (χ0v) is 13.4. The van der Waals surface area contributed by atoms with E-state index in [9.17, 15) is 5.11 Å². The van der Waals surface area contributed by atoms with E-state index >= 15 is 0 Å². The third kappa shape index (κ3) is 2.88. The van der Waals surface area contributed by atoms with Gasteiger partial charge >= 0.3 is 0 Å². The van der Waals surface area contributed by atoms with Gasteiger partial charge in [0.25, 0.3) is 0 Å². The van der Waals surface area contributed by atoms with Crippen molar-refractivity contribution in [2.75, 3.05) is 25.2 Å². The van der Waals surface area contributed by atoms with Gasteiger partial charge in [-0.15, -0.1) is 0 Å². The molecule has 1 N–H and O–H groups in total. The topological polar surface area (TPSA) is 45.6 Å². The summed E-state index contributed by atoms with van der Waals surface area (Å²) in [6, 6.07) is 8.68. The lowest BCUT2D eigenvalue weighted by atomic mass is 9.97. The van der Waals surface area contributed by atoms with Gasteiger partial charge in [0.05, 0.1) is 12.6 Å². The van der Waals surface area contributed by atoms with Gasteiger partial charge in [0, 0.05) is 42.0 Å². The molecule has 4 nitrogen and oxygen atoms in total. The summed E-state index contributed by atoms with van der Waals surface area (Å²) in [5.74, 6) is 0.835. The Balaban J connectivity index is 2.08. The number of methoxy groups -OCH3 is 1.